The first kappa shape index (κ1) is 28.8. The Kier molecular flexibility index (Phi) is 8.23. The van der Waals surface area contributed by atoms with Crippen LogP contribution in [0.3, 0.4) is 0 Å². The molecule has 3 amide bonds. The van der Waals surface area contributed by atoms with Crippen LogP contribution in [-0.2, 0) is 19.1 Å². The fraction of sp³-hybridized carbons (Fsp3) is 0.567. The molecule has 9 nitrogen and oxygen atoms in total. The maximum atomic E-state index is 14.5. The summed E-state index contributed by atoms with van der Waals surface area (Å²) in [6, 6.07) is 6.25. The molecule has 2 bridgehead atoms. The Hall–Kier alpha value is -3.17. The van der Waals surface area contributed by atoms with Gasteiger partial charge in [0.1, 0.15) is 17.4 Å². The summed E-state index contributed by atoms with van der Waals surface area (Å²) < 4.78 is 12.1. The fourth-order valence-corrected chi connectivity index (χ4v) is 6.91. The molecule has 0 saturated carbocycles. The summed E-state index contributed by atoms with van der Waals surface area (Å²) >= 11 is 0. The van der Waals surface area contributed by atoms with Gasteiger partial charge in [-0.3, -0.25) is 14.4 Å². The van der Waals surface area contributed by atoms with Gasteiger partial charge < -0.3 is 29.3 Å². The normalized spacial score (nSPS) is 30.7. The number of carbonyl (C=O) groups excluding carboxylic acids is 3. The van der Waals surface area contributed by atoms with Gasteiger partial charge in [0.15, 0.2) is 0 Å². The Balaban J connectivity index is 1.80. The Bertz CT molecular complexity index is 1120. The predicted molar refractivity (Wildman–Crippen MR) is 148 cm³/mol. The van der Waals surface area contributed by atoms with Crippen LogP contribution in [0.1, 0.15) is 33.1 Å². The van der Waals surface area contributed by atoms with Crippen LogP contribution >= 0.6 is 0 Å². The van der Waals surface area contributed by atoms with Crippen molar-refractivity contribution in [2.75, 3.05) is 45.3 Å². The minimum atomic E-state index is -1.14. The molecule has 212 valence electrons. The van der Waals surface area contributed by atoms with E-state index in [1.54, 1.807) is 65.3 Å². The summed E-state index contributed by atoms with van der Waals surface area (Å²) in [6.45, 7) is 12.4. The molecule has 9 heteroatoms. The van der Waals surface area contributed by atoms with Crippen molar-refractivity contribution in [2.24, 2.45) is 17.8 Å². The molecule has 1 aromatic rings. The van der Waals surface area contributed by atoms with E-state index in [0.29, 0.717) is 37.2 Å². The van der Waals surface area contributed by atoms with Crippen molar-refractivity contribution >= 4 is 23.4 Å². The van der Waals surface area contributed by atoms with E-state index in [0.717, 1.165) is 0 Å². The molecule has 1 aromatic carbocycles. The van der Waals surface area contributed by atoms with E-state index >= 15 is 0 Å². The van der Waals surface area contributed by atoms with E-state index in [-0.39, 0.29) is 43.3 Å². The molecule has 3 heterocycles. The number of hydrogen-bond acceptors (Lipinski definition) is 6. The van der Waals surface area contributed by atoms with Crippen molar-refractivity contribution in [2.45, 2.75) is 50.4 Å². The van der Waals surface area contributed by atoms with Crippen LogP contribution < -0.4 is 9.64 Å². The Morgan fingerprint density at radius 1 is 1.18 bits per heavy atom. The summed E-state index contributed by atoms with van der Waals surface area (Å²) in [5, 5.41) is 9.41. The van der Waals surface area contributed by atoms with Crippen molar-refractivity contribution in [1.82, 2.24) is 9.80 Å². The Morgan fingerprint density at radius 3 is 2.44 bits per heavy atom. The SMILES string of the molecule is C=CCN(C)C(=O)[C@H]1[C@H]2C(=O)N(CCCCO)C(C(=O)N(CC=C)c3ccc(OC)cc3)C23CC(C)[C@]1(C)O3. The fourth-order valence-electron chi connectivity index (χ4n) is 6.91. The van der Waals surface area contributed by atoms with Gasteiger partial charge in [-0.1, -0.05) is 19.1 Å². The molecule has 3 saturated heterocycles. The number of hydrogen-bond donors (Lipinski definition) is 1. The van der Waals surface area contributed by atoms with Crippen LogP contribution in [0.2, 0.25) is 0 Å². The Labute approximate surface area is 231 Å². The minimum Gasteiger partial charge on any atom is -0.497 e. The number of ether oxygens (including phenoxy) is 2. The molecule has 1 spiro atoms. The summed E-state index contributed by atoms with van der Waals surface area (Å²) in [5.41, 5.74) is -1.37. The summed E-state index contributed by atoms with van der Waals surface area (Å²) in [6.07, 6.45) is 4.82. The number of amides is 3. The van der Waals surface area contributed by atoms with Crippen molar-refractivity contribution in [3.05, 3.63) is 49.6 Å². The number of aliphatic hydroxyl groups is 1. The highest BCUT2D eigenvalue weighted by molar-refractivity contribution is 6.05. The highest BCUT2D eigenvalue weighted by atomic mass is 16.5. The lowest BCUT2D eigenvalue weighted by molar-refractivity contribution is -0.150. The van der Waals surface area contributed by atoms with Crippen LogP contribution in [0.4, 0.5) is 5.69 Å². The van der Waals surface area contributed by atoms with Gasteiger partial charge in [-0.25, -0.2) is 0 Å². The topological polar surface area (TPSA) is 99.6 Å². The third kappa shape index (κ3) is 4.55. The smallest absolute Gasteiger partial charge is 0.253 e. The van der Waals surface area contributed by atoms with Crippen molar-refractivity contribution in [3.63, 3.8) is 0 Å². The second-order valence-corrected chi connectivity index (χ2v) is 11.1. The zero-order valence-corrected chi connectivity index (χ0v) is 23.5. The quantitative estimate of drug-likeness (QED) is 0.324. The molecule has 3 aliphatic heterocycles. The monoisotopic (exact) mass is 539 g/mol. The van der Waals surface area contributed by atoms with Gasteiger partial charge in [-0.2, -0.15) is 0 Å². The van der Waals surface area contributed by atoms with Gasteiger partial charge in [0, 0.05) is 39.0 Å². The lowest BCUT2D eigenvalue weighted by Gasteiger charge is -2.38. The van der Waals surface area contributed by atoms with E-state index in [1.165, 1.54) is 0 Å². The van der Waals surface area contributed by atoms with Crippen molar-refractivity contribution in [1.29, 1.82) is 0 Å². The number of fused-ring (bicyclic) bond motifs is 1. The van der Waals surface area contributed by atoms with Gasteiger partial charge in [-0.05, 0) is 56.4 Å². The predicted octanol–water partition coefficient (Wildman–Crippen LogP) is 2.64. The van der Waals surface area contributed by atoms with Crippen LogP contribution in [-0.4, -0.2) is 90.3 Å². The third-order valence-corrected chi connectivity index (χ3v) is 8.86. The second-order valence-electron chi connectivity index (χ2n) is 11.1. The number of likely N-dealkylation sites (N-methyl/N-ethyl adjacent to an activating group) is 1. The summed E-state index contributed by atoms with van der Waals surface area (Å²) in [4.78, 5) is 47.3. The maximum absolute atomic E-state index is 14.5. The number of rotatable bonds is 12. The average molecular weight is 540 g/mol. The zero-order chi connectivity index (χ0) is 28.5. The van der Waals surface area contributed by atoms with E-state index in [2.05, 4.69) is 13.2 Å². The van der Waals surface area contributed by atoms with E-state index in [1.807, 2.05) is 13.8 Å². The maximum Gasteiger partial charge on any atom is 0.253 e. The van der Waals surface area contributed by atoms with E-state index < -0.39 is 29.1 Å². The average Bonchev–Trinajstić information content (AvgIpc) is 3.43. The molecule has 0 aliphatic carbocycles. The molecule has 3 aliphatic rings. The minimum absolute atomic E-state index is 0.0112. The first-order valence-electron chi connectivity index (χ1n) is 13.6. The number of aliphatic hydroxyl groups excluding tert-OH is 1. The summed E-state index contributed by atoms with van der Waals surface area (Å²) in [5.74, 6) is -1.56. The largest absolute Gasteiger partial charge is 0.497 e. The van der Waals surface area contributed by atoms with Gasteiger partial charge in [0.25, 0.3) is 5.91 Å². The summed E-state index contributed by atoms with van der Waals surface area (Å²) in [7, 11) is 3.28. The van der Waals surface area contributed by atoms with E-state index in [4.69, 9.17) is 9.47 Å². The van der Waals surface area contributed by atoms with Gasteiger partial charge in [0.2, 0.25) is 11.8 Å². The lowest BCUT2D eigenvalue weighted by atomic mass is 9.62. The van der Waals surface area contributed by atoms with Crippen LogP contribution in [0.5, 0.6) is 5.75 Å². The number of methoxy groups -OCH3 is 1. The first-order valence-corrected chi connectivity index (χ1v) is 13.6. The molecule has 1 N–H and O–H groups in total. The second kappa shape index (κ2) is 11.1. The van der Waals surface area contributed by atoms with Crippen LogP contribution in [0, 0.1) is 17.8 Å². The molecule has 39 heavy (non-hydrogen) atoms. The van der Waals surface area contributed by atoms with E-state index in [9.17, 15) is 19.5 Å². The first-order chi connectivity index (χ1) is 18.6. The lowest BCUT2D eigenvalue weighted by Crippen LogP contribution is -2.57. The van der Waals surface area contributed by atoms with Gasteiger partial charge in [0.05, 0.1) is 24.5 Å². The highest BCUT2D eigenvalue weighted by Gasteiger charge is 2.80. The standard InChI is InChI=1S/C30H41N3O6/c1-7-15-31(5)26(35)23-24-27(36)33(17-9-10-18-34)25(30(24)19-20(3)29(23,4)39-30)28(37)32(16-8-2)21-11-13-22(38-6)14-12-21/h7-8,11-14,20,23-25,34H,1-2,9-10,15-19H2,3-6H3/t20?,23-,24+,25?,29+,30?/m1/s1. The number of anilines is 1. The van der Waals surface area contributed by atoms with Crippen molar-refractivity contribution < 1.29 is 29.0 Å². The van der Waals surface area contributed by atoms with Gasteiger partial charge in [-0.15, -0.1) is 13.2 Å². The zero-order valence-electron chi connectivity index (χ0n) is 23.5. The molecule has 6 atom stereocenters. The molecule has 4 rings (SSSR count). The molecule has 0 aromatic heterocycles. The van der Waals surface area contributed by atoms with Gasteiger partial charge >= 0.3 is 0 Å². The molecule has 0 radical (unpaired) electrons. The number of benzene rings is 1. The molecule has 3 fully saturated rings. The molecular weight excluding hydrogens is 498 g/mol. The van der Waals surface area contributed by atoms with Crippen LogP contribution in [0.25, 0.3) is 0 Å². The number of unbranched alkanes of at least 4 members (excludes halogenated alkanes) is 1. The van der Waals surface area contributed by atoms with Crippen LogP contribution in [0.15, 0.2) is 49.6 Å². The number of likely N-dealkylation sites (tertiary alicyclic amines) is 1. The molecular formula is C30H41N3O6. The highest BCUT2D eigenvalue weighted by Crippen LogP contribution is 2.65. The third-order valence-electron chi connectivity index (χ3n) is 8.86. The number of nitrogens with zero attached hydrogens (tertiary/aromatic N) is 3. The Morgan fingerprint density at radius 2 is 1.85 bits per heavy atom. The molecule has 3 unspecified atom stereocenters. The van der Waals surface area contributed by atoms with Crippen molar-refractivity contribution in [3.8, 4) is 5.75 Å². The number of carbonyl (C=O) groups is 3.